The van der Waals surface area contributed by atoms with Gasteiger partial charge in [0.15, 0.2) is 0 Å². The predicted molar refractivity (Wildman–Crippen MR) is 44.7 cm³/mol. The summed E-state index contributed by atoms with van der Waals surface area (Å²) in [4.78, 5) is 18.1. The van der Waals surface area contributed by atoms with Crippen molar-refractivity contribution in [1.82, 2.24) is 9.97 Å². The van der Waals surface area contributed by atoms with Crippen molar-refractivity contribution in [2.75, 3.05) is 0 Å². The molecule has 12 heavy (non-hydrogen) atoms. The fourth-order valence-electron chi connectivity index (χ4n) is 1.14. The fraction of sp³-hybridized carbons (Fsp3) is 0.500. The molecule has 0 aromatic carbocycles. The van der Waals surface area contributed by atoms with Gasteiger partial charge in [-0.2, -0.15) is 0 Å². The number of hydrogen-bond acceptors (Lipinski definition) is 3. The Balaban J connectivity index is 2.37. The second-order valence-corrected chi connectivity index (χ2v) is 3.10. The van der Waals surface area contributed by atoms with Gasteiger partial charge >= 0.3 is 0 Å². The SMILES string of the molecule is NCc1cnc(C2CC2)[nH]c1=O. The molecule has 0 aliphatic heterocycles. The summed E-state index contributed by atoms with van der Waals surface area (Å²) < 4.78 is 0. The van der Waals surface area contributed by atoms with Crippen LogP contribution >= 0.6 is 0 Å². The number of rotatable bonds is 2. The van der Waals surface area contributed by atoms with Crippen LogP contribution in [-0.4, -0.2) is 9.97 Å². The van der Waals surface area contributed by atoms with E-state index in [0.29, 0.717) is 11.5 Å². The van der Waals surface area contributed by atoms with Crippen LogP contribution in [0.2, 0.25) is 0 Å². The van der Waals surface area contributed by atoms with Gasteiger partial charge in [-0.1, -0.05) is 0 Å². The van der Waals surface area contributed by atoms with Crippen molar-refractivity contribution in [2.24, 2.45) is 5.73 Å². The molecule has 0 radical (unpaired) electrons. The van der Waals surface area contributed by atoms with E-state index >= 15 is 0 Å². The van der Waals surface area contributed by atoms with Gasteiger partial charge in [-0.3, -0.25) is 4.79 Å². The lowest BCUT2D eigenvalue weighted by molar-refractivity contribution is 0.872. The Bertz CT molecular complexity index is 340. The first-order valence-corrected chi connectivity index (χ1v) is 4.09. The zero-order valence-electron chi connectivity index (χ0n) is 6.71. The first-order valence-electron chi connectivity index (χ1n) is 4.09. The lowest BCUT2D eigenvalue weighted by Gasteiger charge is -1.98. The van der Waals surface area contributed by atoms with Crippen LogP contribution in [0.3, 0.4) is 0 Å². The maximum absolute atomic E-state index is 11.2. The molecule has 1 heterocycles. The summed E-state index contributed by atoms with van der Waals surface area (Å²) in [7, 11) is 0. The fourth-order valence-corrected chi connectivity index (χ4v) is 1.14. The number of hydrogen-bond donors (Lipinski definition) is 2. The minimum absolute atomic E-state index is 0.0885. The molecule has 0 saturated heterocycles. The minimum atomic E-state index is -0.0885. The molecule has 2 rings (SSSR count). The van der Waals surface area contributed by atoms with Crippen LogP contribution in [0.5, 0.6) is 0 Å². The third-order valence-corrected chi connectivity index (χ3v) is 2.08. The Labute approximate surface area is 69.8 Å². The van der Waals surface area contributed by atoms with Crippen LogP contribution in [0.25, 0.3) is 0 Å². The summed E-state index contributed by atoms with van der Waals surface area (Å²) >= 11 is 0. The van der Waals surface area contributed by atoms with Crippen molar-refractivity contribution in [3.63, 3.8) is 0 Å². The molecule has 0 amide bonds. The van der Waals surface area contributed by atoms with Gasteiger partial charge in [0.25, 0.3) is 5.56 Å². The third-order valence-electron chi connectivity index (χ3n) is 2.08. The Kier molecular flexibility index (Phi) is 1.69. The second-order valence-electron chi connectivity index (χ2n) is 3.10. The number of aromatic nitrogens is 2. The molecular formula is C8H11N3O. The maximum atomic E-state index is 11.2. The van der Waals surface area contributed by atoms with Crippen LogP contribution < -0.4 is 11.3 Å². The number of H-pyrrole nitrogens is 1. The maximum Gasteiger partial charge on any atom is 0.255 e. The van der Waals surface area contributed by atoms with Crippen LogP contribution in [0.15, 0.2) is 11.0 Å². The van der Waals surface area contributed by atoms with Crippen molar-refractivity contribution in [3.8, 4) is 0 Å². The topological polar surface area (TPSA) is 71.8 Å². The molecule has 64 valence electrons. The predicted octanol–water partition coefficient (Wildman–Crippen LogP) is 0.106. The molecule has 1 aromatic rings. The highest BCUT2D eigenvalue weighted by Gasteiger charge is 2.25. The summed E-state index contributed by atoms with van der Waals surface area (Å²) in [5.41, 5.74) is 5.80. The van der Waals surface area contributed by atoms with Crippen molar-refractivity contribution in [2.45, 2.75) is 25.3 Å². The molecule has 1 aromatic heterocycles. The largest absolute Gasteiger partial charge is 0.326 e. The Hall–Kier alpha value is -1.16. The van der Waals surface area contributed by atoms with Gasteiger partial charge in [0.2, 0.25) is 0 Å². The van der Waals surface area contributed by atoms with E-state index in [1.807, 2.05) is 0 Å². The summed E-state index contributed by atoms with van der Waals surface area (Å²) in [6.07, 6.45) is 3.86. The van der Waals surface area contributed by atoms with E-state index < -0.39 is 0 Å². The molecule has 3 N–H and O–H groups in total. The van der Waals surface area contributed by atoms with E-state index in [4.69, 9.17) is 5.73 Å². The normalized spacial score (nSPS) is 16.4. The summed E-state index contributed by atoms with van der Waals surface area (Å²) in [6, 6.07) is 0. The standard InChI is InChI=1S/C8H11N3O/c9-3-6-4-10-7(5-1-2-5)11-8(6)12/h4-5H,1-3,9H2,(H,10,11,12). The summed E-state index contributed by atoms with van der Waals surface area (Å²) in [5, 5.41) is 0. The van der Waals surface area contributed by atoms with Crippen molar-refractivity contribution in [3.05, 3.63) is 27.9 Å². The van der Waals surface area contributed by atoms with Crippen LogP contribution in [-0.2, 0) is 6.54 Å². The van der Waals surface area contributed by atoms with Gasteiger partial charge in [0.1, 0.15) is 5.82 Å². The molecule has 1 fully saturated rings. The van der Waals surface area contributed by atoms with Gasteiger partial charge in [-0.05, 0) is 12.8 Å². The van der Waals surface area contributed by atoms with Crippen molar-refractivity contribution >= 4 is 0 Å². The average Bonchev–Trinajstić information content (AvgIpc) is 2.86. The lowest BCUT2D eigenvalue weighted by Crippen LogP contribution is -2.18. The zero-order valence-corrected chi connectivity index (χ0v) is 6.71. The molecule has 1 aliphatic rings. The van der Waals surface area contributed by atoms with E-state index in [0.717, 1.165) is 18.7 Å². The molecular weight excluding hydrogens is 154 g/mol. The van der Waals surface area contributed by atoms with Gasteiger partial charge in [-0.15, -0.1) is 0 Å². The first kappa shape index (κ1) is 7.49. The number of nitrogens with one attached hydrogen (secondary N) is 1. The smallest absolute Gasteiger partial charge is 0.255 e. The van der Waals surface area contributed by atoms with Gasteiger partial charge in [0, 0.05) is 24.2 Å². The van der Waals surface area contributed by atoms with Gasteiger partial charge in [-0.25, -0.2) is 4.98 Å². The quantitative estimate of drug-likeness (QED) is 0.653. The molecule has 4 nitrogen and oxygen atoms in total. The monoisotopic (exact) mass is 165 g/mol. The molecule has 0 atom stereocenters. The van der Waals surface area contributed by atoms with E-state index in [1.54, 1.807) is 6.20 Å². The molecule has 1 saturated carbocycles. The zero-order chi connectivity index (χ0) is 8.55. The highest BCUT2D eigenvalue weighted by Crippen LogP contribution is 2.37. The first-order chi connectivity index (χ1) is 5.81. The lowest BCUT2D eigenvalue weighted by atomic mass is 10.3. The van der Waals surface area contributed by atoms with E-state index in [2.05, 4.69) is 9.97 Å². The van der Waals surface area contributed by atoms with Crippen LogP contribution in [0, 0.1) is 0 Å². The molecule has 0 spiro atoms. The number of nitrogens with zero attached hydrogens (tertiary/aromatic N) is 1. The van der Waals surface area contributed by atoms with Crippen LogP contribution in [0.4, 0.5) is 0 Å². The van der Waals surface area contributed by atoms with Crippen molar-refractivity contribution in [1.29, 1.82) is 0 Å². The number of aromatic amines is 1. The highest BCUT2D eigenvalue weighted by molar-refractivity contribution is 5.10. The van der Waals surface area contributed by atoms with Crippen molar-refractivity contribution < 1.29 is 0 Å². The summed E-state index contributed by atoms with van der Waals surface area (Å²) in [6.45, 7) is 0.257. The van der Waals surface area contributed by atoms with E-state index in [9.17, 15) is 4.79 Å². The third kappa shape index (κ3) is 1.25. The average molecular weight is 165 g/mol. The Morgan fingerprint density at radius 2 is 2.42 bits per heavy atom. The van der Waals surface area contributed by atoms with Crippen LogP contribution in [0.1, 0.15) is 30.1 Å². The number of nitrogens with two attached hydrogens (primary N) is 1. The van der Waals surface area contributed by atoms with E-state index in [1.165, 1.54) is 0 Å². The molecule has 0 unspecified atom stereocenters. The van der Waals surface area contributed by atoms with Gasteiger partial charge < -0.3 is 10.7 Å². The minimum Gasteiger partial charge on any atom is -0.326 e. The second kappa shape index (κ2) is 2.71. The Morgan fingerprint density at radius 3 is 2.92 bits per heavy atom. The Morgan fingerprint density at radius 1 is 1.67 bits per heavy atom. The highest BCUT2D eigenvalue weighted by atomic mass is 16.1. The summed E-state index contributed by atoms with van der Waals surface area (Å²) in [5.74, 6) is 1.31. The molecule has 1 aliphatic carbocycles. The van der Waals surface area contributed by atoms with Gasteiger partial charge in [0.05, 0.1) is 0 Å². The molecule has 0 bridgehead atoms. The van der Waals surface area contributed by atoms with E-state index in [-0.39, 0.29) is 12.1 Å². The molecule has 4 heteroatoms.